The van der Waals surface area contributed by atoms with E-state index in [1.807, 2.05) is 14.0 Å². The Kier molecular flexibility index (Phi) is 5.10. The second-order valence-corrected chi connectivity index (χ2v) is 6.90. The first kappa shape index (κ1) is 18.6. The summed E-state index contributed by atoms with van der Waals surface area (Å²) >= 11 is 0. The van der Waals surface area contributed by atoms with Crippen molar-refractivity contribution in [3.8, 4) is 11.4 Å². The fourth-order valence-electron chi connectivity index (χ4n) is 3.50. The molecule has 2 aliphatic heterocycles. The van der Waals surface area contributed by atoms with E-state index < -0.39 is 4.92 Å². The molecule has 1 aromatic heterocycles. The van der Waals surface area contributed by atoms with Crippen LogP contribution in [0.25, 0.3) is 11.4 Å². The van der Waals surface area contributed by atoms with E-state index in [-0.39, 0.29) is 11.9 Å². The Balaban J connectivity index is 1.82. The Labute approximate surface area is 163 Å². The van der Waals surface area contributed by atoms with Crippen molar-refractivity contribution in [2.24, 2.45) is 0 Å². The molecular weight excluding hydrogens is 362 g/mol. The minimum absolute atomic E-state index is 0.0499. The van der Waals surface area contributed by atoms with Gasteiger partial charge in [-0.3, -0.25) is 10.1 Å². The van der Waals surface area contributed by atoms with Crippen molar-refractivity contribution >= 4 is 17.2 Å². The number of ether oxygens (including phenoxy) is 2. The molecule has 2 aromatic rings. The van der Waals surface area contributed by atoms with Crippen LogP contribution in [0, 0.1) is 10.1 Å². The minimum atomic E-state index is -0.408. The quantitative estimate of drug-likeness (QED) is 0.587. The van der Waals surface area contributed by atoms with Crippen LogP contribution in [0.5, 0.6) is 0 Å². The molecule has 9 heteroatoms. The number of nitro benzene ring substituents is 1. The second-order valence-electron chi connectivity index (χ2n) is 6.90. The van der Waals surface area contributed by atoms with Crippen LogP contribution in [-0.2, 0) is 15.9 Å². The molecule has 4 rings (SSSR count). The maximum absolute atomic E-state index is 10.9. The molecule has 1 aromatic carbocycles. The highest BCUT2D eigenvalue weighted by molar-refractivity contribution is 5.73. The van der Waals surface area contributed by atoms with Crippen molar-refractivity contribution < 1.29 is 14.4 Å². The van der Waals surface area contributed by atoms with Crippen molar-refractivity contribution in [2.75, 3.05) is 49.8 Å². The normalized spacial score (nSPS) is 19.9. The van der Waals surface area contributed by atoms with Gasteiger partial charge >= 0.3 is 0 Å². The summed E-state index contributed by atoms with van der Waals surface area (Å²) in [6, 6.07) is 6.36. The fourth-order valence-corrected chi connectivity index (χ4v) is 3.50. The molecule has 0 saturated carbocycles. The number of nitrogens with zero attached hydrogens (tertiary/aromatic N) is 5. The lowest BCUT2D eigenvalue weighted by Crippen LogP contribution is -2.39. The number of hydrogen-bond acceptors (Lipinski definition) is 8. The Hall–Kier alpha value is -2.78. The smallest absolute Gasteiger partial charge is 0.269 e. The molecule has 1 unspecified atom stereocenters. The first-order chi connectivity index (χ1) is 13.5. The Bertz CT molecular complexity index is 867. The van der Waals surface area contributed by atoms with E-state index in [4.69, 9.17) is 19.4 Å². The standard InChI is InChI=1S/C19H23N5O4/c1-13-22(2)17-16(7-10-28-13)20-18(14-3-5-15(6-4-14)24(25)26)21-19(17)23-8-11-27-12-9-23/h3-6,13H,7-12H2,1-2H3. The highest BCUT2D eigenvalue weighted by atomic mass is 16.6. The van der Waals surface area contributed by atoms with Crippen LogP contribution in [-0.4, -0.2) is 61.1 Å². The number of aromatic nitrogens is 2. The van der Waals surface area contributed by atoms with E-state index in [1.54, 1.807) is 12.1 Å². The van der Waals surface area contributed by atoms with Gasteiger partial charge in [0.05, 0.1) is 30.4 Å². The highest BCUT2D eigenvalue weighted by Crippen LogP contribution is 2.36. The number of hydrogen-bond donors (Lipinski definition) is 0. The molecule has 1 saturated heterocycles. The summed E-state index contributed by atoms with van der Waals surface area (Å²) in [5.74, 6) is 1.43. The molecule has 1 atom stereocenters. The van der Waals surface area contributed by atoms with E-state index in [2.05, 4.69) is 9.80 Å². The molecule has 1 fully saturated rings. The Morgan fingerprint density at radius 2 is 1.86 bits per heavy atom. The monoisotopic (exact) mass is 385 g/mol. The topological polar surface area (TPSA) is 93.9 Å². The van der Waals surface area contributed by atoms with Gasteiger partial charge in [0.15, 0.2) is 11.6 Å². The van der Waals surface area contributed by atoms with Crippen molar-refractivity contribution in [1.82, 2.24) is 9.97 Å². The zero-order valence-corrected chi connectivity index (χ0v) is 16.0. The molecule has 0 aliphatic carbocycles. The number of fused-ring (bicyclic) bond motifs is 1. The predicted molar refractivity (Wildman–Crippen MR) is 105 cm³/mol. The van der Waals surface area contributed by atoms with Gasteiger partial charge in [-0.1, -0.05) is 0 Å². The largest absolute Gasteiger partial charge is 0.378 e. The fraction of sp³-hybridized carbons (Fsp3) is 0.474. The van der Waals surface area contributed by atoms with Crippen LogP contribution in [0.3, 0.4) is 0 Å². The van der Waals surface area contributed by atoms with Gasteiger partial charge in [-0.2, -0.15) is 0 Å². The number of non-ortho nitro benzene ring substituents is 1. The average molecular weight is 385 g/mol. The lowest BCUT2D eigenvalue weighted by Gasteiger charge is -2.33. The summed E-state index contributed by atoms with van der Waals surface area (Å²) in [5, 5.41) is 10.9. The van der Waals surface area contributed by atoms with Gasteiger partial charge in [0.1, 0.15) is 11.9 Å². The number of rotatable bonds is 3. The lowest BCUT2D eigenvalue weighted by atomic mass is 10.1. The maximum atomic E-state index is 10.9. The molecule has 0 bridgehead atoms. The zero-order chi connectivity index (χ0) is 19.7. The third kappa shape index (κ3) is 3.50. The van der Waals surface area contributed by atoms with Gasteiger partial charge in [-0.05, 0) is 19.1 Å². The Morgan fingerprint density at radius 1 is 1.14 bits per heavy atom. The van der Waals surface area contributed by atoms with E-state index in [0.717, 1.165) is 35.9 Å². The SMILES string of the molecule is CC1OCCc2nc(-c3ccc([N+](=O)[O-])cc3)nc(N3CCOCC3)c2N1C. The van der Waals surface area contributed by atoms with Gasteiger partial charge in [-0.15, -0.1) is 0 Å². The van der Waals surface area contributed by atoms with Crippen LogP contribution in [0.15, 0.2) is 24.3 Å². The van der Waals surface area contributed by atoms with Gasteiger partial charge < -0.3 is 19.3 Å². The molecule has 28 heavy (non-hydrogen) atoms. The highest BCUT2D eigenvalue weighted by Gasteiger charge is 2.28. The number of morpholine rings is 1. The van der Waals surface area contributed by atoms with E-state index >= 15 is 0 Å². The number of nitro groups is 1. The zero-order valence-electron chi connectivity index (χ0n) is 16.0. The second kappa shape index (κ2) is 7.69. The van der Waals surface area contributed by atoms with Crippen molar-refractivity contribution in [3.05, 3.63) is 40.1 Å². The average Bonchev–Trinajstić information content (AvgIpc) is 2.86. The summed E-state index contributed by atoms with van der Waals surface area (Å²) in [7, 11) is 1.99. The molecule has 148 valence electrons. The van der Waals surface area contributed by atoms with E-state index in [9.17, 15) is 10.1 Å². The number of anilines is 2. The third-order valence-electron chi connectivity index (χ3n) is 5.18. The van der Waals surface area contributed by atoms with E-state index in [0.29, 0.717) is 32.1 Å². The van der Waals surface area contributed by atoms with Gasteiger partial charge in [0.25, 0.3) is 5.69 Å². The third-order valence-corrected chi connectivity index (χ3v) is 5.18. The van der Waals surface area contributed by atoms with Crippen molar-refractivity contribution in [1.29, 1.82) is 0 Å². The maximum Gasteiger partial charge on any atom is 0.269 e. The molecule has 0 N–H and O–H groups in total. The lowest BCUT2D eigenvalue weighted by molar-refractivity contribution is -0.384. The summed E-state index contributed by atoms with van der Waals surface area (Å²) < 4.78 is 11.4. The summed E-state index contributed by atoms with van der Waals surface area (Å²) in [5.41, 5.74) is 2.71. The predicted octanol–water partition coefficient (Wildman–Crippen LogP) is 2.24. The molecule has 2 aliphatic rings. The molecular formula is C19H23N5O4. The summed E-state index contributed by atoms with van der Waals surface area (Å²) in [6.45, 7) is 5.42. The Morgan fingerprint density at radius 3 is 2.54 bits per heavy atom. The van der Waals surface area contributed by atoms with Gasteiger partial charge in [-0.25, -0.2) is 9.97 Å². The van der Waals surface area contributed by atoms with Crippen molar-refractivity contribution in [3.63, 3.8) is 0 Å². The summed E-state index contributed by atoms with van der Waals surface area (Å²) in [6.07, 6.45) is 0.610. The molecule has 0 amide bonds. The first-order valence-corrected chi connectivity index (χ1v) is 9.37. The van der Waals surface area contributed by atoms with Crippen LogP contribution < -0.4 is 9.80 Å². The van der Waals surface area contributed by atoms with E-state index in [1.165, 1.54) is 12.1 Å². The molecule has 0 spiro atoms. The minimum Gasteiger partial charge on any atom is -0.378 e. The van der Waals surface area contributed by atoms with Crippen LogP contribution >= 0.6 is 0 Å². The van der Waals surface area contributed by atoms with Crippen LogP contribution in [0.1, 0.15) is 12.6 Å². The number of benzene rings is 1. The molecule has 0 radical (unpaired) electrons. The van der Waals surface area contributed by atoms with Gasteiger partial charge in [0, 0.05) is 44.3 Å². The molecule has 9 nitrogen and oxygen atoms in total. The van der Waals surface area contributed by atoms with Gasteiger partial charge in [0.2, 0.25) is 0 Å². The molecule has 3 heterocycles. The van der Waals surface area contributed by atoms with Crippen LogP contribution in [0.4, 0.5) is 17.2 Å². The van der Waals surface area contributed by atoms with Crippen molar-refractivity contribution in [2.45, 2.75) is 19.6 Å². The summed E-state index contributed by atoms with van der Waals surface area (Å²) in [4.78, 5) is 24.5. The van der Waals surface area contributed by atoms with Crippen LogP contribution in [0.2, 0.25) is 0 Å². The first-order valence-electron chi connectivity index (χ1n) is 9.37.